The molecule has 116 valence electrons. The molecule has 3 nitrogen and oxygen atoms in total. The Morgan fingerprint density at radius 3 is 2.09 bits per heavy atom. The molecule has 1 amide bonds. The zero-order valence-electron chi connectivity index (χ0n) is 13.4. The number of thioether (sulfide) groups is 1. The molecule has 3 rings (SSSR count). The fourth-order valence-corrected chi connectivity index (χ4v) is 2.94. The van der Waals surface area contributed by atoms with Crippen LogP contribution in [0.2, 0.25) is 0 Å². The van der Waals surface area contributed by atoms with Crippen molar-refractivity contribution in [3.05, 3.63) is 70.9 Å². The predicted molar refractivity (Wildman–Crippen MR) is 98.8 cm³/mol. The maximum Gasteiger partial charge on any atom is 0.283 e. The molecule has 2 aromatic carbocycles. The maximum absolute atomic E-state index is 12.8. The molecular formula is C19H18N2OS. The van der Waals surface area contributed by atoms with Gasteiger partial charge >= 0.3 is 0 Å². The summed E-state index contributed by atoms with van der Waals surface area (Å²) in [6, 6.07) is 16.0. The molecule has 1 heterocycles. The van der Waals surface area contributed by atoms with Crippen LogP contribution in [0.1, 0.15) is 16.7 Å². The normalized spacial score (nSPS) is 16.1. The Balaban J connectivity index is 1.96. The molecular weight excluding hydrogens is 304 g/mol. The van der Waals surface area contributed by atoms with Crippen LogP contribution in [0.25, 0.3) is 6.08 Å². The van der Waals surface area contributed by atoms with E-state index in [1.165, 1.54) is 22.9 Å². The predicted octanol–water partition coefficient (Wildman–Crippen LogP) is 4.41. The molecule has 0 N–H and O–H groups in total. The van der Waals surface area contributed by atoms with Crippen LogP contribution in [0.5, 0.6) is 0 Å². The topological polar surface area (TPSA) is 32.7 Å². The van der Waals surface area contributed by atoms with Gasteiger partial charge in [-0.1, -0.05) is 59.3 Å². The van der Waals surface area contributed by atoms with Crippen molar-refractivity contribution in [2.45, 2.75) is 13.8 Å². The summed E-state index contributed by atoms with van der Waals surface area (Å²) in [5.74, 6) is -0.0845. The molecule has 1 aliphatic rings. The number of aryl methyl sites for hydroxylation is 2. The SMILES string of the molecule is CSC1=N/C(=C/c2ccc(C)cc2)C(=O)N1c1ccc(C)cc1. The van der Waals surface area contributed by atoms with E-state index in [0.717, 1.165) is 11.3 Å². The third kappa shape index (κ3) is 3.22. The molecule has 0 atom stereocenters. The number of hydrogen-bond donors (Lipinski definition) is 0. The fourth-order valence-electron chi connectivity index (χ4n) is 2.38. The minimum atomic E-state index is -0.0845. The minimum absolute atomic E-state index is 0.0845. The zero-order chi connectivity index (χ0) is 16.4. The number of anilines is 1. The van der Waals surface area contributed by atoms with Crippen molar-refractivity contribution < 1.29 is 4.79 Å². The zero-order valence-corrected chi connectivity index (χ0v) is 14.2. The molecule has 0 aliphatic carbocycles. The number of aliphatic imine (C=N–C) groups is 1. The van der Waals surface area contributed by atoms with Crippen molar-refractivity contribution >= 4 is 34.6 Å². The molecule has 0 spiro atoms. The maximum atomic E-state index is 12.8. The number of amides is 1. The van der Waals surface area contributed by atoms with E-state index in [1.807, 2.05) is 74.7 Å². The summed E-state index contributed by atoms with van der Waals surface area (Å²) in [5.41, 5.74) is 4.66. The first-order chi connectivity index (χ1) is 11.1. The Kier molecular flexibility index (Phi) is 4.35. The van der Waals surface area contributed by atoms with Gasteiger partial charge in [0.25, 0.3) is 5.91 Å². The number of hydrogen-bond acceptors (Lipinski definition) is 3. The lowest BCUT2D eigenvalue weighted by atomic mass is 10.1. The lowest BCUT2D eigenvalue weighted by Crippen LogP contribution is -2.29. The Labute approximate surface area is 140 Å². The van der Waals surface area contributed by atoms with Gasteiger partial charge in [0.15, 0.2) is 5.17 Å². The van der Waals surface area contributed by atoms with Gasteiger partial charge in [0.05, 0.1) is 5.69 Å². The fraction of sp³-hybridized carbons (Fsp3) is 0.158. The molecule has 23 heavy (non-hydrogen) atoms. The number of carbonyl (C=O) groups excluding carboxylic acids is 1. The number of carbonyl (C=O) groups is 1. The second-order valence-electron chi connectivity index (χ2n) is 5.51. The van der Waals surface area contributed by atoms with Crippen LogP contribution in [-0.4, -0.2) is 17.3 Å². The molecule has 0 saturated heterocycles. The van der Waals surface area contributed by atoms with Crippen molar-refractivity contribution in [2.75, 3.05) is 11.2 Å². The average molecular weight is 322 g/mol. The Hall–Kier alpha value is -2.33. The molecule has 0 aromatic heterocycles. The molecule has 0 bridgehead atoms. The van der Waals surface area contributed by atoms with Gasteiger partial charge in [-0.05, 0) is 43.9 Å². The largest absolute Gasteiger partial charge is 0.283 e. The van der Waals surface area contributed by atoms with E-state index in [0.29, 0.717) is 10.9 Å². The van der Waals surface area contributed by atoms with E-state index in [-0.39, 0.29) is 5.91 Å². The number of amidine groups is 1. The first kappa shape index (κ1) is 15.6. The monoisotopic (exact) mass is 322 g/mol. The van der Waals surface area contributed by atoms with Gasteiger partial charge in [0.2, 0.25) is 0 Å². The Bertz CT molecular complexity index is 789. The van der Waals surface area contributed by atoms with Crippen LogP contribution < -0.4 is 4.90 Å². The first-order valence-corrected chi connectivity index (χ1v) is 8.63. The van der Waals surface area contributed by atoms with Gasteiger partial charge in [0, 0.05) is 0 Å². The highest BCUT2D eigenvalue weighted by atomic mass is 32.2. The third-order valence-electron chi connectivity index (χ3n) is 3.69. The highest BCUT2D eigenvalue weighted by Crippen LogP contribution is 2.28. The smallest absolute Gasteiger partial charge is 0.266 e. The summed E-state index contributed by atoms with van der Waals surface area (Å²) >= 11 is 1.47. The van der Waals surface area contributed by atoms with Crippen molar-refractivity contribution in [1.29, 1.82) is 0 Å². The summed E-state index contributed by atoms with van der Waals surface area (Å²) in [5, 5.41) is 0.706. The summed E-state index contributed by atoms with van der Waals surface area (Å²) in [4.78, 5) is 18.9. The lowest BCUT2D eigenvalue weighted by Gasteiger charge is -2.16. The lowest BCUT2D eigenvalue weighted by molar-refractivity contribution is -0.113. The van der Waals surface area contributed by atoms with Gasteiger partial charge in [-0.15, -0.1) is 0 Å². The molecule has 0 unspecified atom stereocenters. The van der Waals surface area contributed by atoms with Crippen molar-refractivity contribution in [1.82, 2.24) is 0 Å². The van der Waals surface area contributed by atoms with Gasteiger partial charge in [-0.2, -0.15) is 0 Å². The van der Waals surface area contributed by atoms with E-state index in [4.69, 9.17) is 0 Å². The van der Waals surface area contributed by atoms with Crippen LogP contribution >= 0.6 is 11.8 Å². The summed E-state index contributed by atoms with van der Waals surface area (Å²) in [6.45, 7) is 4.07. The Morgan fingerprint density at radius 1 is 0.957 bits per heavy atom. The van der Waals surface area contributed by atoms with Crippen LogP contribution in [-0.2, 0) is 4.79 Å². The molecule has 0 fully saturated rings. The van der Waals surface area contributed by atoms with Crippen molar-refractivity contribution in [3.63, 3.8) is 0 Å². The quantitative estimate of drug-likeness (QED) is 0.767. The molecule has 0 radical (unpaired) electrons. The van der Waals surface area contributed by atoms with Gasteiger partial charge in [-0.3, -0.25) is 9.69 Å². The number of nitrogens with zero attached hydrogens (tertiary/aromatic N) is 2. The van der Waals surface area contributed by atoms with E-state index in [2.05, 4.69) is 4.99 Å². The van der Waals surface area contributed by atoms with E-state index in [1.54, 1.807) is 4.90 Å². The van der Waals surface area contributed by atoms with Gasteiger partial charge in [0.1, 0.15) is 5.70 Å². The number of rotatable bonds is 2. The van der Waals surface area contributed by atoms with Crippen LogP contribution in [0.4, 0.5) is 5.69 Å². The van der Waals surface area contributed by atoms with Crippen LogP contribution in [0.3, 0.4) is 0 Å². The summed E-state index contributed by atoms with van der Waals surface area (Å²) in [7, 11) is 0. The van der Waals surface area contributed by atoms with Crippen molar-refractivity contribution in [3.8, 4) is 0 Å². The standard InChI is InChI=1S/C19H18N2OS/c1-13-4-8-15(9-5-13)12-17-18(22)21(19(20-17)23-3)16-10-6-14(2)7-11-16/h4-12H,1-3H3/b17-12+. The van der Waals surface area contributed by atoms with Crippen LogP contribution in [0.15, 0.2) is 59.2 Å². The second kappa shape index (κ2) is 6.42. The molecule has 1 aliphatic heterocycles. The number of benzene rings is 2. The van der Waals surface area contributed by atoms with E-state index < -0.39 is 0 Å². The first-order valence-electron chi connectivity index (χ1n) is 7.40. The Morgan fingerprint density at radius 2 is 1.52 bits per heavy atom. The average Bonchev–Trinajstić information content (AvgIpc) is 2.87. The van der Waals surface area contributed by atoms with Gasteiger partial charge < -0.3 is 0 Å². The van der Waals surface area contributed by atoms with E-state index >= 15 is 0 Å². The molecule has 2 aromatic rings. The second-order valence-corrected chi connectivity index (χ2v) is 6.29. The van der Waals surface area contributed by atoms with Crippen molar-refractivity contribution in [2.24, 2.45) is 4.99 Å². The molecule has 0 saturated carbocycles. The van der Waals surface area contributed by atoms with E-state index in [9.17, 15) is 4.79 Å². The summed E-state index contributed by atoms with van der Waals surface area (Å²) in [6.07, 6.45) is 3.77. The van der Waals surface area contributed by atoms with Crippen LogP contribution in [0, 0.1) is 13.8 Å². The third-order valence-corrected chi connectivity index (χ3v) is 4.32. The van der Waals surface area contributed by atoms with Gasteiger partial charge in [-0.25, -0.2) is 4.99 Å². The molecule has 4 heteroatoms. The summed E-state index contributed by atoms with van der Waals surface area (Å²) < 4.78 is 0. The highest BCUT2D eigenvalue weighted by Gasteiger charge is 2.30. The highest BCUT2D eigenvalue weighted by molar-refractivity contribution is 8.13. The minimum Gasteiger partial charge on any atom is -0.266 e.